The summed E-state index contributed by atoms with van der Waals surface area (Å²) in [6.07, 6.45) is 5.86. The number of aryl methyl sites for hydroxylation is 1. The van der Waals surface area contributed by atoms with Crippen molar-refractivity contribution in [3.63, 3.8) is 0 Å². The van der Waals surface area contributed by atoms with Crippen molar-refractivity contribution in [2.45, 2.75) is 45.1 Å². The van der Waals surface area contributed by atoms with Crippen molar-refractivity contribution in [2.75, 3.05) is 5.32 Å². The number of nitrogens with two attached hydrogens (primary N) is 1. The number of carbonyl (C=O) groups excluding carboxylic acids is 1. The Labute approximate surface area is 109 Å². The first-order chi connectivity index (χ1) is 8.66. The second kappa shape index (κ2) is 6.01. The Morgan fingerprint density at radius 3 is 2.44 bits per heavy atom. The molecule has 1 aromatic carbocycles. The Morgan fingerprint density at radius 1 is 1.22 bits per heavy atom. The van der Waals surface area contributed by atoms with E-state index < -0.39 is 0 Å². The molecule has 1 saturated carbocycles. The van der Waals surface area contributed by atoms with Crippen molar-refractivity contribution in [1.29, 1.82) is 0 Å². The van der Waals surface area contributed by atoms with E-state index in [1.54, 1.807) is 0 Å². The topological polar surface area (TPSA) is 55.1 Å². The first-order valence-corrected chi connectivity index (χ1v) is 6.80. The molecule has 0 bridgehead atoms. The van der Waals surface area contributed by atoms with E-state index in [2.05, 4.69) is 5.32 Å². The summed E-state index contributed by atoms with van der Waals surface area (Å²) in [4.78, 5) is 12.1. The first-order valence-electron chi connectivity index (χ1n) is 6.80. The van der Waals surface area contributed by atoms with Crippen molar-refractivity contribution in [2.24, 2.45) is 11.7 Å². The molecule has 0 aromatic heterocycles. The minimum atomic E-state index is -0.369. The van der Waals surface area contributed by atoms with E-state index in [9.17, 15) is 4.79 Å². The summed E-state index contributed by atoms with van der Waals surface area (Å²) in [6.45, 7) is 2.03. The normalized spacial score (nSPS) is 18.3. The molecular formula is C15H22N2O. The van der Waals surface area contributed by atoms with E-state index in [4.69, 9.17) is 5.73 Å². The molecule has 3 N–H and O–H groups in total. The number of amides is 1. The highest BCUT2D eigenvalue weighted by molar-refractivity contribution is 5.94. The second-order valence-electron chi connectivity index (χ2n) is 5.28. The SMILES string of the molecule is Cc1ccc(NC(=O)[C@H](N)C2CCCCC2)cc1. The van der Waals surface area contributed by atoms with Gasteiger partial charge in [-0.15, -0.1) is 0 Å². The Kier molecular flexibility index (Phi) is 4.37. The van der Waals surface area contributed by atoms with Crippen LogP contribution in [0.5, 0.6) is 0 Å². The maximum absolute atomic E-state index is 12.1. The highest BCUT2D eigenvalue weighted by Gasteiger charge is 2.25. The molecule has 1 atom stereocenters. The molecule has 0 radical (unpaired) electrons. The summed E-state index contributed by atoms with van der Waals surface area (Å²) >= 11 is 0. The average molecular weight is 246 g/mol. The Balaban J connectivity index is 1.92. The van der Waals surface area contributed by atoms with E-state index in [1.807, 2.05) is 31.2 Å². The number of carbonyl (C=O) groups is 1. The lowest BCUT2D eigenvalue weighted by atomic mass is 9.84. The van der Waals surface area contributed by atoms with Crippen molar-refractivity contribution in [3.8, 4) is 0 Å². The largest absolute Gasteiger partial charge is 0.325 e. The Morgan fingerprint density at radius 2 is 1.83 bits per heavy atom. The third-order valence-electron chi connectivity index (χ3n) is 3.78. The zero-order valence-corrected chi connectivity index (χ0v) is 11.0. The maximum atomic E-state index is 12.1. The molecule has 1 fully saturated rings. The van der Waals surface area contributed by atoms with Crippen LogP contribution in [0.15, 0.2) is 24.3 Å². The zero-order chi connectivity index (χ0) is 13.0. The van der Waals surface area contributed by atoms with Gasteiger partial charge in [0.05, 0.1) is 6.04 Å². The predicted molar refractivity (Wildman–Crippen MR) is 74.4 cm³/mol. The van der Waals surface area contributed by atoms with Gasteiger partial charge in [0.15, 0.2) is 0 Å². The predicted octanol–water partition coefficient (Wildman–Crippen LogP) is 2.84. The smallest absolute Gasteiger partial charge is 0.241 e. The summed E-state index contributed by atoms with van der Waals surface area (Å²) in [5, 5.41) is 2.90. The Hall–Kier alpha value is -1.35. The lowest BCUT2D eigenvalue weighted by molar-refractivity contribution is -0.118. The van der Waals surface area contributed by atoms with Crippen LogP contribution in [-0.4, -0.2) is 11.9 Å². The number of benzene rings is 1. The van der Waals surface area contributed by atoms with Gasteiger partial charge in [0, 0.05) is 5.69 Å². The van der Waals surface area contributed by atoms with Gasteiger partial charge in [0.2, 0.25) is 5.91 Å². The van der Waals surface area contributed by atoms with Crippen LogP contribution in [-0.2, 0) is 4.79 Å². The van der Waals surface area contributed by atoms with Gasteiger partial charge in [0.1, 0.15) is 0 Å². The number of hydrogen-bond acceptors (Lipinski definition) is 2. The van der Waals surface area contributed by atoms with Crippen molar-refractivity contribution in [3.05, 3.63) is 29.8 Å². The average Bonchev–Trinajstić information content (AvgIpc) is 2.41. The Bertz CT molecular complexity index is 393. The molecule has 0 unspecified atom stereocenters. The molecule has 1 amide bonds. The van der Waals surface area contributed by atoms with Crippen LogP contribution < -0.4 is 11.1 Å². The van der Waals surface area contributed by atoms with E-state index in [0.29, 0.717) is 5.92 Å². The summed E-state index contributed by atoms with van der Waals surface area (Å²) < 4.78 is 0. The molecule has 0 heterocycles. The van der Waals surface area contributed by atoms with Crippen LogP contribution in [0.3, 0.4) is 0 Å². The fraction of sp³-hybridized carbons (Fsp3) is 0.533. The van der Waals surface area contributed by atoms with E-state index >= 15 is 0 Å². The van der Waals surface area contributed by atoms with E-state index in [0.717, 1.165) is 18.5 Å². The van der Waals surface area contributed by atoms with Crippen LogP contribution in [0.25, 0.3) is 0 Å². The quantitative estimate of drug-likeness (QED) is 0.861. The van der Waals surface area contributed by atoms with Gasteiger partial charge in [0.25, 0.3) is 0 Å². The number of rotatable bonds is 3. The lowest BCUT2D eigenvalue weighted by Crippen LogP contribution is -2.42. The summed E-state index contributed by atoms with van der Waals surface area (Å²) in [6, 6.07) is 7.44. The van der Waals surface area contributed by atoms with Gasteiger partial charge in [-0.05, 0) is 37.8 Å². The van der Waals surface area contributed by atoms with Crippen LogP contribution in [0.4, 0.5) is 5.69 Å². The molecule has 1 aromatic rings. The van der Waals surface area contributed by atoms with Gasteiger partial charge in [-0.3, -0.25) is 4.79 Å². The summed E-state index contributed by atoms with van der Waals surface area (Å²) in [5.41, 5.74) is 8.07. The standard InChI is InChI=1S/C15H22N2O/c1-11-7-9-13(10-8-11)17-15(18)14(16)12-5-3-2-4-6-12/h7-10,12,14H,2-6,16H2,1H3,(H,17,18)/t14-/m1/s1. The highest BCUT2D eigenvalue weighted by Crippen LogP contribution is 2.26. The second-order valence-corrected chi connectivity index (χ2v) is 5.28. The van der Waals surface area contributed by atoms with Crippen molar-refractivity contribution < 1.29 is 4.79 Å². The minimum absolute atomic E-state index is 0.0502. The fourth-order valence-corrected chi connectivity index (χ4v) is 2.57. The molecule has 98 valence electrons. The zero-order valence-electron chi connectivity index (χ0n) is 11.0. The fourth-order valence-electron chi connectivity index (χ4n) is 2.57. The van der Waals surface area contributed by atoms with Gasteiger partial charge in [-0.25, -0.2) is 0 Å². The van der Waals surface area contributed by atoms with Gasteiger partial charge < -0.3 is 11.1 Å². The van der Waals surface area contributed by atoms with Gasteiger partial charge in [-0.2, -0.15) is 0 Å². The molecule has 0 saturated heterocycles. The van der Waals surface area contributed by atoms with Crippen LogP contribution >= 0.6 is 0 Å². The molecule has 3 nitrogen and oxygen atoms in total. The van der Waals surface area contributed by atoms with Crippen molar-refractivity contribution >= 4 is 11.6 Å². The third kappa shape index (κ3) is 3.33. The third-order valence-corrected chi connectivity index (χ3v) is 3.78. The summed E-state index contributed by atoms with van der Waals surface area (Å²) in [5.74, 6) is 0.301. The van der Waals surface area contributed by atoms with Gasteiger partial charge >= 0.3 is 0 Å². The van der Waals surface area contributed by atoms with Crippen LogP contribution in [0, 0.1) is 12.8 Å². The monoisotopic (exact) mass is 246 g/mol. The number of nitrogens with one attached hydrogen (secondary N) is 1. The first kappa shape index (κ1) is 13.1. The number of anilines is 1. The molecule has 2 rings (SSSR count). The molecule has 1 aliphatic rings. The molecule has 1 aliphatic carbocycles. The summed E-state index contributed by atoms with van der Waals surface area (Å²) in [7, 11) is 0. The maximum Gasteiger partial charge on any atom is 0.241 e. The number of hydrogen-bond donors (Lipinski definition) is 2. The highest BCUT2D eigenvalue weighted by atomic mass is 16.2. The van der Waals surface area contributed by atoms with Gasteiger partial charge in [-0.1, -0.05) is 37.0 Å². The lowest BCUT2D eigenvalue weighted by Gasteiger charge is -2.26. The van der Waals surface area contributed by atoms with Crippen LogP contribution in [0.2, 0.25) is 0 Å². The van der Waals surface area contributed by atoms with E-state index in [1.165, 1.54) is 24.8 Å². The molecule has 3 heteroatoms. The molecule has 0 aliphatic heterocycles. The van der Waals surface area contributed by atoms with Crippen molar-refractivity contribution in [1.82, 2.24) is 0 Å². The minimum Gasteiger partial charge on any atom is -0.325 e. The molecular weight excluding hydrogens is 224 g/mol. The molecule has 0 spiro atoms. The van der Waals surface area contributed by atoms with Crippen LogP contribution in [0.1, 0.15) is 37.7 Å². The molecule has 18 heavy (non-hydrogen) atoms. The van der Waals surface area contributed by atoms with E-state index in [-0.39, 0.29) is 11.9 Å².